The highest BCUT2D eigenvalue weighted by molar-refractivity contribution is 6.04. The Hall–Kier alpha value is -1.64. The van der Waals surface area contributed by atoms with Gasteiger partial charge in [0.05, 0.1) is 0 Å². The van der Waals surface area contributed by atoms with Crippen molar-refractivity contribution in [2.75, 3.05) is 19.0 Å². The highest BCUT2D eigenvalue weighted by Gasteiger charge is 2.10. The standard InChI is InChI=1S/C14H20N2O/c1-10(12(3)17)15-11(2)13-8-6-7-9-14(13)16(4)5/h6-10H,1-5H3. The van der Waals surface area contributed by atoms with Gasteiger partial charge in [-0.3, -0.25) is 9.79 Å². The minimum atomic E-state index is -0.273. The van der Waals surface area contributed by atoms with E-state index in [4.69, 9.17) is 0 Å². The Kier molecular flexibility index (Phi) is 4.44. The molecule has 0 saturated carbocycles. The van der Waals surface area contributed by atoms with E-state index in [0.29, 0.717) is 0 Å². The van der Waals surface area contributed by atoms with Crippen LogP contribution in [0.1, 0.15) is 26.3 Å². The molecule has 1 unspecified atom stereocenters. The number of anilines is 1. The molecule has 3 heteroatoms. The monoisotopic (exact) mass is 232 g/mol. The van der Waals surface area contributed by atoms with Gasteiger partial charge in [-0.2, -0.15) is 0 Å². The summed E-state index contributed by atoms with van der Waals surface area (Å²) in [5, 5.41) is 0. The van der Waals surface area contributed by atoms with Crippen LogP contribution in [-0.4, -0.2) is 31.6 Å². The topological polar surface area (TPSA) is 32.7 Å². The molecule has 0 aliphatic rings. The fourth-order valence-electron chi connectivity index (χ4n) is 1.62. The number of benzene rings is 1. The Morgan fingerprint density at radius 2 is 1.82 bits per heavy atom. The summed E-state index contributed by atoms with van der Waals surface area (Å²) in [6.07, 6.45) is 0. The predicted octanol–water partition coefficient (Wildman–Crippen LogP) is 2.54. The second kappa shape index (κ2) is 5.62. The van der Waals surface area contributed by atoms with Crippen molar-refractivity contribution in [3.63, 3.8) is 0 Å². The molecule has 3 nitrogen and oxygen atoms in total. The summed E-state index contributed by atoms with van der Waals surface area (Å²) in [6.45, 7) is 5.34. The van der Waals surface area contributed by atoms with E-state index in [1.165, 1.54) is 0 Å². The second-order valence-corrected chi connectivity index (χ2v) is 4.41. The highest BCUT2D eigenvalue weighted by atomic mass is 16.1. The van der Waals surface area contributed by atoms with Crippen molar-refractivity contribution in [3.05, 3.63) is 29.8 Å². The highest BCUT2D eigenvalue weighted by Crippen LogP contribution is 2.19. The lowest BCUT2D eigenvalue weighted by Crippen LogP contribution is -2.16. The van der Waals surface area contributed by atoms with Crippen LogP contribution < -0.4 is 4.90 Å². The van der Waals surface area contributed by atoms with Gasteiger partial charge in [0.15, 0.2) is 5.78 Å². The van der Waals surface area contributed by atoms with Gasteiger partial charge < -0.3 is 4.90 Å². The maximum Gasteiger partial charge on any atom is 0.153 e. The first-order valence-corrected chi connectivity index (χ1v) is 5.75. The maximum atomic E-state index is 11.2. The molecule has 0 bridgehead atoms. The molecule has 17 heavy (non-hydrogen) atoms. The number of Topliss-reactive ketones (excluding diaryl/α,β-unsaturated/α-hetero) is 1. The van der Waals surface area contributed by atoms with Gasteiger partial charge in [0.25, 0.3) is 0 Å². The van der Waals surface area contributed by atoms with Crippen LogP contribution in [0.3, 0.4) is 0 Å². The molecule has 0 aliphatic heterocycles. The average molecular weight is 232 g/mol. The lowest BCUT2D eigenvalue weighted by Gasteiger charge is -2.17. The number of aliphatic imine (C=N–C) groups is 1. The van der Waals surface area contributed by atoms with Crippen LogP contribution in [0.5, 0.6) is 0 Å². The lowest BCUT2D eigenvalue weighted by molar-refractivity contribution is -0.117. The Morgan fingerprint density at radius 3 is 2.35 bits per heavy atom. The quantitative estimate of drug-likeness (QED) is 0.747. The zero-order chi connectivity index (χ0) is 13.0. The summed E-state index contributed by atoms with van der Waals surface area (Å²) >= 11 is 0. The van der Waals surface area contributed by atoms with Crippen LogP contribution in [0.2, 0.25) is 0 Å². The number of ketones is 1. The molecule has 1 aromatic rings. The van der Waals surface area contributed by atoms with Gasteiger partial charge in [-0.15, -0.1) is 0 Å². The second-order valence-electron chi connectivity index (χ2n) is 4.41. The summed E-state index contributed by atoms with van der Waals surface area (Å²) in [5.74, 6) is 0.0895. The Labute approximate surface area is 103 Å². The molecule has 1 atom stereocenters. The molecule has 1 rings (SSSR count). The number of para-hydroxylation sites is 1. The van der Waals surface area contributed by atoms with E-state index < -0.39 is 0 Å². The lowest BCUT2D eigenvalue weighted by atomic mass is 10.1. The molecule has 1 aromatic carbocycles. The van der Waals surface area contributed by atoms with E-state index in [-0.39, 0.29) is 11.8 Å². The molecular formula is C14H20N2O. The van der Waals surface area contributed by atoms with Gasteiger partial charge >= 0.3 is 0 Å². The Bertz CT molecular complexity index is 436. The fraction of sp³-hybridized carbons (Fsp3) is 0.429. The summed E-state index contributed by atoms with van der Waals surface area (Å²) in [5.41, 5.74) is 3.09. The van der Waals surface area contributed by atoms with E-state index in [1.54, 1.807) is 6.92 Å². The van der Waals surface area contributed by atoms with E-state index in [9.17, 15) is 4.79 Å². The molecule has 0 fully saturated rings. The molecule has 0 aromatic heterocycles. The van der Waals surface area contributed by atoms with Crippen molar-refractivity contribution in [3.8, 4) is 0 Å². The third-order valence-corrected chi connectivity index (χ3v) is 2.75. The van der Waals surface area contributed by atoms with E-state index in [2.05, 4.69) is 4.99 Å². The van der Waals surface area contributed by atoms with E-state index in [1.807, 2.05) is 57.1 Å². The number of hydrogen-bond acceptors (Lipinski definition) is 3. The molecular weight excluding hydrogens is 212 g/mol. The number of nitrogens with zero attached hydrogens (tertiary/aromatic N) is 2. The van der Waals surface area contributed by atoms with Gasteiger partial charge in [-0.1, -0.05) is 18.2 Å². The smallest absolute Gasteiger partial charge is 0.153 e. The minimum Gasteiger partial charge on any atom is -0.377 e. The summed E-state index contributed by atoms with van der Waals surface area (Å²) < 4.78 is 0. The molecule has 0 heterocycles. The van der Waals surface area contributed by atoms with Crippen LogP contribution in [0.25, 0.3) is 0 Å². The first-order valence-electron chi connectivity index (χ1n) is 5.75. The first kappa shape index (κ1) is 13.4. The molecule has 0 saturated heterocycles. The van der Waals surface area contributed by atoms with E-state index >= 15 is 0 Å². The van der Waals surface area contributed by atoms with Crippen molar-refractivity contribution in [1.29, 1.82) is 0 Å². The van der Waals surface area contributed by atoms with Crippen molar-refractivity contribution in [2.24, 2.45) is 4.99 Å². The van der Waals surface area contributed by atoms with Crippen LogP contribution in [0, 0.1) is 0 Å². The van der Waals surface area contributed by atoms with Crippen LogP contribution >= 0.6 is 0 Å². The van der Waals surface area contributed by atoms with E-state index in [0.717, 1.165) is 17.0 Å². The van der Waals surface area contributed by atoms with Crippen molar-refractivity contribution < 1.29 is 4.79 Å². The van der Waals surface area contributed by atoms with Gasteiger partial charge in [0.2, 0.25) is 0 Å². The Balaban J connectivity index is 3.12. The van der Waals surface area contributed by atoms with Gasteiger partial charge in [-0.05, 0) is 26.8 Å². The summed E-state index contributed by atoms with van der Waals surface area (Å²) in [7, 11) is 4.00. The molecule has 0 amide bonds. The van der Waals surface area contributed by atoms with Crippen molar-refractivity contribution >= 4 is 17.2 Å². The Morgan fingerprint density at radius 1 is 1.24 bits per heavy atom. The third kappa shape index (κ3) is 3.41. The number of carbonyl (C=O) groups excluding carboxylic acids is 1. The fourth-order valence-corrected chi connectivity index (χ4v) is 1.62. The largest absolute Gasteiger partial charge is 0.377 e. The zero-order valence-electron chi connectivity index (χ0n) is 11.2. The number of carbonyl (C=O) groups is 1. The van der Waals surface area contributed by atoms with Gasteiger partial charge in [0, 0.05) is 31.1 Å². The number of hydrogen-bond donors (Lipinski definition) is 0. The predicted molar refractivity (Wildman–Crippen MR) is 73.1 cm³/mol. The van der Waals surface area contributed by atoms with Gasteiger partial charge in [-0.25, -0.2) is 0 Å². The molecule has 0 aliphatic carbocycles. The SMILES string of the molecule is CC(=O)C(C)N=C(C)c1ccccc1N(C)C. The molecule has 0 spiro atoms. The minimum absolute atomic E-state index is 0.0895. The van der Waals surface area contributed by atoms with Crippen molar-refractivity contribution in [1.82, 2.24) is 0 Å². The molecule has 92 valence electrons. The molecule has 0 N–H and O–H groups in total. The van der Waals surface area contributed by atoms with Crippen LogP contribution in [-0.2, 0) is 4.79 Å². The zero-order valence-corrected chi connectivity index (χ0v) is 11.2. The summed E-state index contributed by atoms with van der Waals surface area (Å²) in [4.78, 5) is 17.7. The molecule has 0 radical (unpaired) electrons. The van der Waals surface area contributed by atoms with Crippen LogP contribution in [0.15, 0.2) is 29.3 Å². The van der Waals surface area contributed by atoms with Crippen LogP contribution in [0.4, 0.5) is 5.69 Å². The summed E-state index contributed by atoms with van der Waals surface area (Å²) in [6, 6.07) is 7.79. The first-order chi connectivity index (χ1) is 7.93. The maximum absolute atomic E-state index is 11.2. The average Bonchev–Trinajstić information content (AvgIpc) is 2.28. The van der Waals surface area contributed by atoms with Crippen molar-refractivity contribution in [2.45, 2.75) is 26.8 Å². The third-order valence-electron chi connectivity index (χ3n) is 2.75. The normalized spacial score (nSPS) is 13.4. The van der Waals surface area contributed by atoms with Gasteiger partial charge in [0.1, 0.15) is 6.04 Å². The number of rotatable bonds is 4.